The molecule has 3 N–H and O–H groups in total. The maximum atomic E-state index is 10.7. The molecule has 1 rings (SSSR count). The fourth-order valence-electron chi connectivity index (χ4n) is 1.63. The summed E-state index contributed by atoms with van der Waals surface area (Å²) >= 11 is 0. The Bertz CT molecular complexity index is 183. The molecule has 0 radical (unpaired) electrons. The molecule has 1 fully saturated rings. The van der Waals surface area contributed by atoms with E-state index in [2.05, 4.69) is 5.32 Å². The van der Waals surface area contributed by atoms with Gasteiger partial charge in [0.15, 0.2) is 0 Å². The smallest absolute Gasteiger partial charge is 0.310 e. The van der Waals surface area contributed by atoms with Crippen LogP contribution in [0.4, 0.5) is 0 Å². The van der Waals surface area contributed by atoms with Crippen molar-refractivity contribution < 1.29 is 15.0 Å². The number of nitrogens with one attached hydrogen (secondary N) is 1. The Morgan fingerprint density at radius 3 is 2.50 bits per heavy atom. The number of aliphatic hydroxyl groups excluding tert-OH is 1. The lowest BCUT2D eigenvalue weighted by Gasteiger charge is -2.35. The summed E-state index contributed by atoms with van der Waals surface area (Å²) in [7, 11) is 0. The Morgan fingerprint density at radius 1 is 1.50 bits per heavy atom. The van der Waals surface area contributed by atoms with Gasteiger partial charge in [-0.25, -0.2) is 0 Å². The van der Waals surface area contributed by atoms with Gasteiger partial charge in [0.2, 0.25) is 0 Å². The van der Waals surface area contributed by atoms with Gasteiger partial charge in [0.1, 0.15) is 0 Å². The molecule has 4 nitrogen and oxygen atoms in total. The standard InChI is InChI=1S/C8H15NO3/c1-4-3-9-5(2)6(7(4)10)8(11)12/h4-7,9-10H,3H2,1-2H3,(H,11,12). The summed E-state index contributed by atoms with van der Waals surface area (Å²) in [5, 5.41) is 21.4. The lowest BCUT2D eigenvalue weighted by Crippen LogP contribution is -2.54. The van der Waals surface area contributed by atoms with Gasteiger partial charge in [-0.2, -0.15) is 0 Å². The van der Waals surface area contributed by atoms with E-state index in [1.165, 1.54) is 0 Å². The van der Waals surface area contributed by atoms with E-state index < -0.39 is 18.0 Å². The molecule has 0 saturated carbocycles. The monoisotopic (exact) mass is 173 g/mol. The zero-order valence-corrected chi connectivity index (χ0v) is 7.32. The number of rotatable bonds is 1. The first kappa shape index (κ1) is 9.48. The van der Waals surface area contributed by atoms with E-state index >= 15 is 0 Å². The molecule has 12 heavy (non-hydrogen) atoms. The van der Waals surface area contributed by atoms with Crippen LogP contribution in [0.25, 0.3) is 0 Å². The molecule has 4 unspecified atom stereocenters. The number of carboxylic acid groups (broad SMARTS) is 1. The van der Waals surface area contributed by atoms with Crippen molar-refractivity contribution >= 4 is 5.97 Å². The third kappa shape index (κ3) is 1.59. The van der Waals surface area contributed by atoms with Gasteiger partial charge in [-0.1, -0.05) is 6.92 Å². The molecule has 4 atom stereocenters. The molecule has 0 bridgehead atoms. The summed E-state index contributed by atoms with van der Waals surface area (Å²) < 4.78 is 0. The van der Waals surface area contributed by atoms with Crippen LogP contribution in [-0.4, -0.2) is 34.9 Å². The number of hydrogen-bond donors (Lipinski definition) is 3. The molecule has 0 aromatic carbocycles. The van der Waals surface area contributed by atoms with Crippen LogP contribution in [0.3, 0.4) is 0 Å². The minimum Gasteiger partial charge on any atom is -0.481 e. The first-order chi connectivity index (χ1) is 5.54. The highest BCUT2D eigenvalue weighted by atomic mass is 16.4. The van der Waals surface area contributed by atoms with Gasteiger partial charge >= 0.3 is 5.97 Å². The fraction of sp³-hybridized carbons (Fsp3) is 0.875. The van der Waals surface area contributed by atoms with Gasteiger partial charge in [-0.05, 0) is 12.8 Å². The average molecular weight is 173 g/mol. The second kappa shape index (κ2) is 3.41. The number of carboxylic acids is 1. The Balaban J connectivity index is 2.71. The highest BCUT2D eigenvalue weighted by Gasteiger charge is 2.38. The molecule has 70 valence electrons. The Morgan fingerprint density at radius 2 is 2.08 bits per heavy atom. The van der Waals surface area contributed by atoms with Crippen molar-refractivity contribution in [2.24, 2.45) is 11.8 Å². The second-order valence-electron chi connectivity index (χ2n) is 3.53. The predicted molar refractivity (Wildman–Crippen MR) is 43.8 cm³/mol. The summed E-state index contributed by atoms with van der Waals surface area (Å²) in [5.41, 5.74) is 0. The van der Waals surface area contributed by atoms with Crippen molar-refractivity contribution in [2.45, 2.75) is 26.0 Å². The molecule has 0 amide bonds. The van der Waals surface area contributed by atoms with Crippen LogP contribution in [0.2, 0.25) is 0 Å². The van der Waals surface area contributed by atoms with Crippen LogP contribution < -0.4 is 5.32 Å². The molecule has 0 aromatic heterocycles. The van der Waals surface area contributed by atoms with E-state index in [-0.39, 0.29) is 12.0 Å². The van der Waals surface area contributed by atoms with E-state index in [1.807, 2.05) is 6.92 Å². The molecule has 0 spiro atoms. The molecule has 1 heterocycles. The Hall–Kier alpha value is -0.610. The zero-order valence-electron chi connectivity index (χ0n) is 7.32. The lowest BCUT2D eigenvalue weighted by molar-refractivity contribution is -0.150. The lowest BCUT2D eigenvalue weighted by atomic mass is 9.83. The number of piperidine rings is 1. The largest absolute Gasteiger partial charge is 0.481 e. The van der Waals surface area contributed by atoms with Crippen LogP contribution in [0.1, 0.15) is 13.8 Å². The van der Waals surface area contributed by atoms with Crippen molar-refractivity contribution in [3.05, 3.63) is 0 Å². The third-order valence-electron chi connectivity index (χ3n) is 2.54. The second-order valence-corrected chi connectivity index (χ2v) is 3.53. The maximum absolute atomic E-state index is 10.7. The number of aliphatic carboxylic acids is 1. The van der Waals surface area contributed by atoms with Crippen LogP contribution >= 0.6 is 0 Å². The van der Waals surface area contributed by atoms with E-state index in [0.717, 1.165) is 0 Å². The highest BCUT2D eigenvalue weighted by Crippen LogP contribution is 2.21. The van der Waals surface area contributed by atoms with Crippen LogP contribution in [0.5, 0.6) is 0 Å². The summed E-state index contributed by atoms with van der Waals surface area (Å²) in [6, 6.07) is -0.145. The topological polar surface area (TPSA) is 69.6 Å². The third-order valence-corrected chi connectivity index (χ3v) is 2.54. The minimum absolute atomic E-state index is 0.0160. The highest BCUT2D eigenvalue weighted by molar-refractivity contribution is 5.71. The first-order valence-electron chi connectivity index (χ1n) is 4.18. The molecule has 0 aromatic rings. The molecule has 1 aliphatic heterocycles. The molecule has 4 heteroatoms. The average Bonchev–Trinajstić information content (AvgIpc) is 1.97. The van der Waals surface area contributed by atoms with Gasteiger partial charge in [0.05, 0.1) is 12.0 Å². The minimum atomic E-state index is -0.922. The molecule has 1 saturated heterocycles. The summed E-state index contributed by atoms with van der Waals surface area (Å²) in [6.07, 6.45) is -0.723. The molecule has 0 aliphatic carbocycles. The van der Waals surface area contributed by atoms with E-state index in [9.17, 15) is 9.90 Å². The van der Waals surface area contributed by atoms with Crippen LogP contribution in [-0.2, 0) is 4.79 Å². The van der Waals surface area contributed by atoms with E-state index in [4.69, 9.17) is 5.11 Å². The van der Waals surface area contributed by atoms with E-state index in [0.29, 0.717) is 6.54 Å². The van der Waals surface area contributed by atoms with Gasteiger partial charge in [-0.15, -0.1) is 0 Å². The number of aliphatic hydroxyl groups is 1. The van der Waals surface area contributed by atoms with Crippen LogP contribution in [0, 0.1) is 11.8 Å². The number of carbonyl (C=O) groups is 1. The fourth-order valence-corrected chi connectivity index (χ4v) is 1.63. The van der Waals surface area contributed by atoms with Gasteiger partial charge in [-0.3, -0.25) is 4.79 Å². The Kier molecular flexibility index (Phi) is 2.69. The first-order valence-corrected chi connectivity index (χ1v) is 4.18. The molecule has 1 aliphatic rings. The summed E-state index contributed by atoms with van der Waals surface area (Å²) in [5.74, 6) is -1.58. The van der Waals surface area contributed by atoms with Crippen LogP contribution in [0.15, 0.2) is 0 Å². The normalized spacial score (nSPS) is 42.6. The molecular formula is C8H15NO3. The predicted octanol–water partition coefficient (Wildman–Crippen LogP) is -0.324. The zero-order chi connectivity index (χ0) is 9.30. The van der Waals surface area contributed by atoms with E-state index in [1.54, 1.807) is 6.92 Å². The van der Waals surface area contributed by atoms with Gasteiger partial charge < -0.3 is 15.5 Å². The quantitative estimate of drug-likeness (QED) is 0.508. The van der Waals surface area contributed by atoms with Gasteiger partial charge in [0.25, 0.3) is 0 Å². The summed E-state index contributed by atoms with van der Waals surface area (Å²) in [6.45, 7) is 4.32. The SMILES string of the molecule is CC1CNC(C)C(C(=O)O)C1O. The maximum Gasteiger partial charge on any atom is 0.310 e. The van der Waals surface area contributed by atoms with Crippen molar-refractivity contribution in [1.29, 1.82) is 0 Å². The molecular weight excluding hydrogens is 158 g/mol. The number of hydrogen-bond acceptors (Lipinski definition) is 3. The van der Waals surface area contributed by atoms with Crippen molar-refractivity contribution in [1.82, 2.24) is 5.32 Å². The van der Waals surface area contributed by atoms with Gasteiger partial charge in [0, 0.05) is 12.6 Å². The van der Waals surface area contributed by atoms with Crippen molar-refractivity contribution in [2.75, 3.05) is 6.54 Å². The Labute approximate surface area is 71.6 Å². The summed E-state index contributed by atoms with van der Waals surface area (Å²) in [4.78, 5) is 10.7. The van der Waals surface area contributed by atoms with Crippen molar-refractivity contribution in [3.63, 3.8) is 0 Å². The van der Waals surface area contributed by atoms with Crippen molar-refractivity contribution in [3.8, 4) is 0 Å².